The van der Waals surface area contributed by atoms with Gasteiger partial charge in [-0.3, -0.25) is 4.79 Å². The number of benzene rings is 1. The lowest BCUT2D eigenvalue weighted by Gasteiger charge is -2.21. The molecule has 0 saturated carbocycles. The van der Waals surface area contributed by atoms with Crippen LogP contribution in [0.25, 0.3) is 11.0 Å². The van der Waals surface area contributed by atoms with E-state index in [1.807, 2.05) is 32.0 Å². The predicted octanol–water partition coefficient (Wildman–Crippen LogP) is 3.15. The fourth-order valence-electron chi connectivity index (χ4n) is 3.04. The number of rotatable bonds is 2. The number of amides is 1. The summed E-state index contributed by atoms with van der Waals surface area (Å²) in [5.41, 5.74) is 2.06. The van der Waals surface area contributed by atoms with Gasteiger partial charge in [0, 0.05) is 40.6 Å². The monoisotopic (exact) mass is 375 g/mol. The van der Waals surface area contributed by atoms with Crippen LogP contribution in [-0.4, -0.2) is 48.9 Å². The number of hydrogen-bond donors (Lipinski definition) is 0. The molecule has 0 unspecified atom stereocenters. The van der Waals surface area contributed by atoms with Gasteiger partial charge in [-0.15, -0.1) is 0 Å². The fraction of sp³-hybridized carbons (Fsp3) is 0.412. The van der Waals surface area contributed by atoms with Crippen LogP contribution in [0.3, 0.4) is 0 Å². The normalized spacial score (nSPS) is 17.9. The van der Waals surface area contributed by atoms with E-state index in [1.54, 1.807) is 12.1 Å². The summed E-state index contributed by atoms with van der Waals surface area (Å²) in [4.78, 5) is 16.9. The summed E-state index contributed by atoms with van der Waals surface area (Å²) >= 11 is 3.54. The van der Waals surface area contributed by atoms with E-state index in [1.165, 1.54) is 0 Å². The smallest absolute Gasteiger partial charge is 0.254 e. The maximum absolute atomic E-state index is 12.9. The molecule has 1 saturated heterocycles. The molecule has 0 radical (unpaired) electrons. The van der Waals surface area contributed by atoms with Gasteiger partial charge in [0.1, 0.15) is 11.7 Å². The van der Waals surface area contributed by atoms with Crippen molar-refractivity contribution in [2.24, 2.45) is 0 Å². The van der Waals surface area contributed by atoms with Crippen LogP contribution in [-0.2, 0) is 0 Å². The van der Waals surface area contributed by atoms with Gasteiger partial charge in [0.05, 0.1) is 0 Å². The molecule has 0 aliphatic carbocycles. The van der Waals surface area contributed by atoms with Gasteiger partial charge in [0.2, 0.25) is 5.76 Å². The Kier molecular flexibility index (Phi) is 4.17. The van der Waals surface area contributed by atoms with E-state index in [0.717, 1.165) is 34.9 Å². The largest absolute Gasteiger partial charge is 0.446 e. The van der Waals surface area contributed by atoms with Crippen molar-refractivity contribution in [2.45, 2.75) is 19.4 Å². The first-order valence-corrected chi connectivity index (χ1v) is 8.30. The lowest BCUT2D eigenvalue weighted by molar-refractivity contribution is 0.0782. The number of likely N-dealkylation sites (tertiary alicyclic amines) is 1. The van der Waals surface area contributed by atoms with E-state index in [0.29, 0.717) is 17.2 Å². The Hall–Kier alpha value is -1.84. The molecule has 1 aliphatic heterocycles. The lowest BCUT2D eigenvalue weighted by Crippen LogP contribution is -2.34. The van der Waals surface area contributed by atoms with Crippen LogP contribution in [0.1, 0.15) is 28.1 Å². The summed E-state index contributed by atoms with van der Waals surface area (Å²) in [6, 6.07) is 5.84. The first-order chi connectivity index (χ1) is 10.9. The molecule has 0 bridgehead atoms. The second-order valence-electron chi connectivity index (χ2n) is 6.15. The van der Waals surface area contributed by atoms with Crippen molar-refractivity contribution in [2.75, 3.05) is 27.2 Å². The van der Waals surface area contributed by atoms with E-state index in [9.17, 15) is 4.79 Å². The first kappa shape index (κ1) is 16.0. The summed E-state index contributed by atoms with van der Waals surface area (Å²) in [6.07, 6.45) is 0.987. The van der Waals surface area contributed by atoms with Crippen LogP contribution in [0.2, 0.25) is 0 Å². The van der Waals surface area contributed by atoms with Crippen molar-refractivity contribution in [3.63, 3.8) is 0 Å². The molecule has 3 rings (SSSR count). The minimum absolute atomic E-state index is 0.0179. The maximum atomic E-state index is 12.9. The molecule has 1 amide bonds. The molecule has 1 atom stereocenters. The average molecular weight is 376 g/mol. The van der Waals surface area contributed by atoms with Crippen LogP contribution in [0.4, 0.5) is 0 Å². The van der Waals surface area contributed by atoms with Crippen molar-refractivity contribution in [1.29, 1.82) is 5.26 Å². The fourth-order valence-corrected chi connectivity index (χ4v) is 3.56. The van der Waals surface area contributed by atoms with Gasteiger partial charge in [0.25, 0.3) is 5.91 Å². The number of carbonyl (C=O) groups excluding carboxylic acids is 1. The Bertz CT molecular complexity index is 819. The zero-order valence-corrected chi connectivity index (χ0v) is 15.0. The highest BCUT2D eigenvalue weighted by atomic mass is 79.9. The predicted molar refractivity (Wildman–Crippen MR) is 91.4 cm³/mol. The lowest BCUT2D eigenvalue weighted by atomic mass is 10.1. The highest BCUT2D eigenvalue weighted by Gasteiger charge is 2.29. The summed E-state index contributed by atoms with van der Waals surface area (Å²) in [7, 11) is 4.08. The molecule has 1 aromatic carbocycles. The average Bonchev–Trinajstić information content (AvgIpc) is 3.16. The molecule has 120 valence electrons. The second-order valence-corrected chi connectivity index (χ2v) is 6.95. The molecule has 1 aliphatic rings. The number of hydrogen-bond acceptors (Lipinski definition) is 4. The van der Waals surface area contributed by atoms with Gasteiger partial charge in [0.15, 0.2) is 0 Å². The SMILES string of the molecule is Cc1c(C(=O)N2CC[C@H](N(C)C)C2)cc2oc(C#N)cc2c1Br. The minimum atomic E-state index is 0.0179. The van der Waals surface area contributed by atoms with E-state index < -0.39 is 0 Å². The summed E-state index contributed by atoms with van der Waals surface area (Å²) < 4.78 is 6.31. The van der Waals surface area contributed by atoms with Crippen LogP contribution >= 0.6 is 15.9 Å². The Balaban J connectivity index is 1.98. The van der Waals surface area contributed by atoms with E-state index in [2.05, 4.69) is 20.8 Å². The number of halogens is 1. The summed E-state index contributed by atoms with van der Waals surface area (Å²) in [5.74, 6) is 0.267. The number of carbonyl (C=O) groups is 1. The van der Waals surface area contributed by atoms with Gasteiger partial charge < -0.3 is 14.2 Å². The minimum Gasteiger partial charge on any atom is -0.446 e. The quantitative estimate of drug-likeness (QED) is 0.808. The van der Waals surface area contributed by atoms with Crippen molar-refractivity contribution in [3.8, 4) is 6.07 Å². The van der Waals surface area contributed by atoms with Crippen LogP contribution < -0.4 is 0 Å². The maximum Gasteiger partial charge on any atom is 0.254 e. The van der Waals surface area contributed by atoms with Gasteiger partial charge in [-0.2, -0.15) is 5.26 Å². The molecule has 2 aromatic rings. The Morgan fingerprint density at radius 1 is 1.48 bits per heavy atom. The summed E-state index contributed by atoms with van der Waals surface area (Å²) in [6.45, 7) is 3.41. The van der Waals surface area contributed by atoms with Crippen molar-refractivity contribution in [1.82, 2.24) is 9.80 Å². The number of furan rings is 1. The van der Waals surface area contributed by atoms with Gasteiger partial charge in [-0.25, -0.2) is 0 Å². The molecule has 1 fully saturated rings. The van der Waals surface area contributed by atoms with Crippen LogP contribution in [0.5, 0.6) is 0 Å². The molecule has 1 aromatic heterocycles. The molecule has 23 heavy (non-hydrogen) atoms. The third-order valence-corrected chi connectivity index (χ3v) is 5.55. The standard InChI is InChI=1S/C17H18BrN3O2/c1-10-13(17(22)21-5-4-11(9-21)20(2)3)7-15-14(16(10)18)6-12(8-19)23-15/h6-7,11H,4-5,9H2,1-3H3/t11-/m0/s1. The van der Waals surface area contributed by atoms with Gasteiger partial charge >= 0.3 is 0 Å². The molecular formula is C17H18BrN3O2. The number of nitriles is 1. The molecule has 6 heteroatoms. The Labute approximate surface area is 143 Å². The van der Waals surface area contributed by atoms with Crippen LogP contribution in [0, 0.1) is 18.3 Å². The van der Waals surface area contributed by atoms with E-state index >= 15 is 0 Å². The molecular weight excluding hydrogens is 358 g/mol. The Morgan fingerprint density at radius 2 is 2.22 bits per heavy atom. The van der Waals surface area contributed by atoms with Crippen LogP contribution in [0.15, 0.2) is 21.0 Å². The molecule has 5 nitrogen and oxygen atoms in total. The summed E-state index contributed by atoms with van der Waals surface area (Å²) in [5, 5.41) is 9.81. The highest BCUT2D eigenvalue weighted by Crippen LogP contribution is 2.33. The number of likely N-dealkylation sites (N-methyl/N-ethyl adjacent to an activating group) is 1. The van der Waals surface area contributed by atoms with Gasteiger partial charge in [-0.05, 0) is 55.0 Å². The number of fused-ring (bicyclic) bond motifs is 1. The Morgan fingerprint density at radius 3 is 2.83 bits per heavy atom. The van der Waals surface area contributed by atoms with Crippen molar-refractivity contribution >= 4 is 32.8 Å². The number of nitrogens with zero attached hydrogens (tertiary/aromatic N) is 3. The van der Waals surface area contributed by atoms with E-state index in [-0.39, 0.29) is 11.7 Å². The topological polar surface area (TPSA) is 60.5 Å². The zero-order valence-electron chi connectivity index (χ0n) is 13.4. The molecule has 2 heterocycles. The molecule has 0 spiro atoms. The second kappa shape index (κ2) is 5.99. The first-order valence-electron chi connectivity index (χ1n) is 7.50. The molecule has 0 N–H and O–H groups in total. The van der Waals surface area contributed by atoms with Gasteiger partial charge in [-0.1, -0.05) is 0 Å². The van der Waals surface area contributed by atoms with E-state index in [4.69, 9.17) is 9.68 Å². The third kappa shape index (κ3) is 2.75. The highest BCUT2D eigenvalue weighted by molar-refractivity contribution is 9.10. The van der Waals surface area contributed by atoms with Crippen molar-refractivity contribution < 1.29 is 9.21 Å². The zero-order chi connectivity index (χ0) is 16.7. The third-order valence-electron chi connectivity index (χ3n) is 4.53. The van der Waals surface area contributed by atoms with Crippen molar-refractivity contribution in [3.05, 3.63) is 33.5 Å².